The summed E-state index contributed by atoms with van der Waals surface area (Å²) in [6.45, 7) is 5.66. The first kappa shape index (κ1) is 11.3. The van der Waals surface area contributed by atoms with Crippen molar-refractivity contribution in [2.45, 2.75) is 57.2 Å². The Labute approximate surface area is 89.8 Å². The lowest BCUT2D eigenvalue weighted by Crippen LogP contribution is -2.59. The molecule has 0 spiro atoms. The van der Waals surface area contributed by atoms with Gasteiger partial charge in [0.15, 0.2) is 12.1 Å². The van der Waals surface area contributed by atoms with Gasteiger partial charge < -0.3 is 24.7 Å². The van der Waals surface area contributed by atoms with Gasteiger partial charge in [0, 0.05) is 7.11 Å². The van der Waals surface area contributed by atoms with Gasteiger partial charge in [0.1, 0.15) is 12.2 Å². The summed E-state index contributed by atoms with van der Waals surface area (Å²) < 4.78 is 22.3. The first-order valence-electron chi connectivity index (χ1n) is 5.24. The van der Waals surface area contributed by atoms with Crippen LogP contribution in [-0.2, 0) is 18.9 Å². The molecule has 0 bridgehead atoms. The quantitative estimate of drug-likeness (QED) is 0.681. The number of hydrogen-bond donors (Lipinski definition) is 1. The summed E-state index contributed by atoms with van der Waals surface area (Å²) in [5, 5.41) is 0. The van der Waals surface area contributed by atoms with E-state index in [2.05, 4.69) is 0 Å². The van der Waals surface area contributed by atoms with Crippen molar-refractivity contribution in [3.63, 3.8) is 0 Å². The molecule has 0 aromatic carbocycles. The molecule has 88 valence electrons. The summed E-state index contributed by atoms with van der Waals surface area (Å²) in [7, 11) is 1.60. The van der Waals surface area contributed by atoms with E-state index in [0.717, 1.165) is 0 Å². The number of nitrogens with two attached hydrogens (primary N) is 1. The number of methoxy groups -OCH3 is 1. The van der Waals surface area contributed by atoms with Crippen molar-refractivity contribution in [3.8, 4) is 0 Å². The second-order valence-electron chi connectivity index (χ2n) is 4.59. The summed E-state index contributed by atoms with van der Waals surface area (Å²) in [5.74, 6) is -0.614. The van der Waals surface area contributed by atoms with Gasteiger partial charge in [-0.25, -0.2) is 0 Å². The Hall–Kier alpha value is -0.200. The minimum atomic E-state index is -0.614. The monoisotopic (exact) mass is 217 g/mol. The van der Waals surface area contributed by atoms with Crippen LogP contribution in [0.25, 0.3) is 0 Å². The Morgan fingerprint density at radius 3 is 2.40 bits per heavy atom. The topological polar surface area (TPSA) is 62.9 Å². The highest BCUT2D eigenvalue weighted by molar-refractivity contribution is 4.96. The van der Waals surface area contributed by atoms with Crippen molar-refractivity contribution in [1.29, 1.82) is 0 Å². The largest absolute Gasteiger partial charge is 0.353 e. The zero-order valence-electron chi connectivity index (χ0n) is 9.60. The van der Waals surface area contributed by atoms with Gasteiger partial charge >= 0.3 is 0 Å². The van der Waals surface area contributed by atoms with E-state index in [1.54, 1.807) is 7.11 Å². The van der Waals surface area contributed by atoms with Gasteiger partial charge in [-0.2, -0.15) is 0 Å². The van der Waals surface area contributed by atoms with Crippen molar-refractivity contribution >= 4 is 0 Å². The molecule has 5 nitrogen and oxygen atoms in total. The Kier molecular flexibility index (Phi) is 2.77. The average Bonchev–Trinajstić information content (AvgIpc) is 2.48. The lowest BCUT2D eigenvalue weighted by atomic mass is 9.98. The number of fused-ring (bicyclic) bond motifs is 1. The molecule has 2 aliphatic rings. The number of hydrogen-bond acceptors (Lipinski definition) is 5. The first-order chi connectivity index (χ1) is 6.94. The van der Waals surface area contributed by atoms with Crippen molar-refractivity contribution < 1.29 is 18.9 Å². The van der Waals surface area contributed by atoms with Crippen LogP contribution in [-0.4, -0.2) is 43.5 Å². The minimum absolute atomic E-state index is 0.0892. The van der Waals surface area contributed by atoms with Crippen LogP contribution in [0.15, 0.2) is 0 Å². The molecule has 2 rings (SSSR count). The number of rotatable bonds is 1. The molecule has 2 N–H and O–H groups in total. The van der Waals surface area contributed by atoms with E-state index < -0.39 is 12.1 Å². The third kappa shape index (κ3) is 1.90. The molecular formula is C10H19NO4. The molecular weight excluding hydrogens is 198 g/mol. The van der Waals surface area contributed by atoms with Crippen molar-refractivity contribution in [3.05, 3.63) is 0 Å². The predicted octanol–water partition coefficient (Wildman–Crippen LogP) is 0.225. The second-order valence-corrected chi connectivity index (χ2v) is 4.59. The smallest absolute Gasteiger partial charge is 0.186 e. The Morgan fingerprint density at radius 1 is 1.20 bits per heavy atom. The van der Waals surface area contributed by atoms with E-state index in [-0.39, 0.29) is 24.4 Å². The standard InChI is InChI=1S/C10H19NO4/c1-5-6(11)7-8(9(12-4)13-5)15-10(2,3)14-7/h5-9H,11H2,1-4H3/t5-,6-,7+,8-,9+/m1/s1. The van der Waals surface area contributed by atoms with Crippen LogP contribution in [0.3, 0.4) is 0 Å². The van der Waals surface area contributed by atoms with Gasteiger partial charge in [-0.3, -0.25) is 0 Å². The molecule has 2 heterocycles. The molecule has 5 atom stereocenters. The number of ether oxygens (including phenoxy) is 4. The molecule has 0 amide bonds. The maximum absolute atomic E-state index is 6.02. The Morgan fingerprint density at radius 2 is 1.80 bits per heavy atom. The van der Waals surface area contributed by atoms with Gasteiger partial charge in [-0.1, -0.05) is 0 Å². The highest BCUT2D eigenvalue weighted by Crippen LogP contribution is 2.36. The zero-order chi connectivity index (χ0) is 11.2. The van der Waals surface area contributed by atoms with Gasteiger partial charge in [0.2, 0.25) is 0 Å². The summed E-state index contributed by atoms with van der Waals surface area (Å²) in [5.41, 5.74) is 6.02. The first-order valence-corrected chi connectivity index (χ1v) is 5.24. The van der Waals surface area contributed by atoms with Crippen molar-refractivity contribution in [1.82, 2.24) is 0 Å². The van der Waals surface area contributed by atoms with Gasteiger partial charge in [0.25, 0.3) is 0 Å². The van der Waals surface area contributed by atoms with Crippen LogP contribution in [0.4, 0.5) is 0 Å². The van der Waals surface area contributed by atoms with E-state index in [1.165, 1.54) is 0 Å². The van der Waals surface area contributed by atoms with Crippen LogP contribution in [0.5, 0.6) is 0 Å². The Bertz CT molecular complexity index is 238. The van der Waals surface area contributed by atoms with E-state index in [1.807, 2.05) is 20.8 Å². The SMILES string of the molecule is CO[C@H]1O[C@H](C)[C@@H](N)[C@@H]2OC(C)(C)O[C@@H]12. The molecule has 0 unspecified atom stereocenters. The molecule has 5 heteroatoms. The van der Waals surface area contributed by atoms with Crippen LogP contribution >= 0.6 is 0 Å². The second kappa shape index (κ2) is 3.68. The fraction of sp³-hybridized carbons (Fsp3) is 1.00. The van der Waals surface area contributed by atoms with Crippen LogP contribution in [0.1, 0.15) is 20.8 Å². The van der Waals surface area contributed by atoms with Crippen molar-refractivity contribution in [2.75, 3.05) is 7.11 Å². The predicted molar refractivity (Wildman–Crippen MR) is 53.1 cm³/mol. The summed E-state index contributed by atoms with van der Waals surface area (Å²) in [6, 6.07) is -0.178. The molecule has 2 saturated heterocycles. The summed E-state index contributed by atoms with van der Waals surface area (Å²) in [6.07, 6.45) is -0.884. The molecule has 0 saturated carbocycles. The average molecular weight is 217 g/mol. The molecule has 0 aromatic heterocycles. The third-order valence-corrected chi connectivity index (χ3v) is 2.93. The molecule has 0 aromatic rings. The molecule has 15 heavy (non-hydrogen) atoms. The molecule has 0 aliphatic carbocycles. The van der Waals surface area contributed by atoms with Gasteiger partial charge in [-0.05, 0) is 20.8 Å². The van der Waals surface area contributed by atoms with Gasteiger partial charge in [0.05, 0.1) is 12.1 Å². The molecule has 2 fully saturated rings. The fourth-order valence-corrected chi connectivity index (χ4v) is 2.16. The zero-order valence-corrected chi connectivity index (χ0v) is 9.60. The van der Waals surface area contributed by atoms with E-state index in [9.17, 15) is 0 Å². The highest BCUT2D eigenvalue weighted by Gasteiger charge is 2.53. The van der Waals surface area contributed by atoms with E-state index in [0.29, 0.717) is 0 Å². The maximum atomic E-state index is 6.02. The van der Waals surface area contributed by atoms with Crippen LogP contribution in [0, 0.1) is 0 Å². The van der Waals surface area contributed by atoms with E-state index >= 15 is 0 Å². The van der Waals surface area contributed by atoms with E-state index in [4.69, 9.17) is 24.7 Å². The maximum Gasteiger partial charge on any atom is 0.186 e. The highest BCUT2D eigenvalue weighted by atomic mass is 16.8. The third-order valence-electron chi connectivity index (χ3n) is 2.93. The van der Waals surface area contributed by atoms with Crippen LogP contribution < -0.4 is 5.73 Å². The van der Waals surface area contributed by atoms with Gasteiger partial charge in [-0.15, -0.1) is 0 Å². The molecule has 0 radical (unpaired) electrons. The minimum Gasteiger partial charge on any atom is -0.353 e. The summed E-state index contributed by atoms with van der Waals surface area (Å²) in [4.78, 5) is 0. The fourth-order valence-electron chi connectivity index (χ4n) is 2.16. The Balaban J connectivity index is 2.18. The van der Waals surface area contributed by atoms with Crippen LogP contribution in [0.2, 0.25) is 0 Å². The van der Waals surface area contributed by atoms with Crippen molar-refractivity contribution in [2.24, 2.45) is 5.73 Å². The normalized spacial score (nSPS) is 49.0. The lowest BCUT2D eigenvalue weighted by Gasteiger charge is -2.38. The molecule has 2 aliphatic heterocycles. The lowest BCUT2D eigenvalue weighted by molar-refractivity contribution is -0.242. The summed E-state index contributed by atoms with van der Waals surface area (Å²) >= 11 is 0.